The summed E-state index contributed by atoms with van der Waals surface area (Å²) < 4.78 is 26.2. The largest absolute Gasteiger partial charge is 0.395 e. The van der Waals surface area contributed by atoms with E-state index in [0.717, 1.165) is 0 Å². The molecule has 0 fully saturated rings. The Kier molecular flexibility index (Phi) is 5.27. The highest BCUT2D eigenvalue weighted by atomic mass is 19.3. The average molecular weight is 234 g/mol. The van der Waals surface area contributed by atoms with Crippen molar-refractivity contribution in [2.75, 3.05) is 19.7 Å². The minimum absolute atomic E-state index is 0.146. The van der Waals surface area contributed by atoms with Crippen LogP contribution < -0.4 is 0 Å². The van der Waals surface area contributed by atoms with Crippen LogP contribution in [0.3, 0.4) is 0 Å². The molecule has 16 heavy (non-hydrogen) atoms. The highest BCUT2D eigenvalue weighted by molar-refractivity contribution is 4.84. The summed E-state index contributed by atoms with van der Waals surface area (Å²) in [5.41, 5.74) is 0. The molecule has 1 N–H and O–H groups in total. The number of aromatic nitrogens is 3. The number of hydrogen-bond donors (Lipinski definition) is 1. The van der Waals surface area contributed by atoms with Crippen LogP contribution in [-0.2, 0) is 13.1 Å². The van der Waals surface area contributed by atoms with Crippen LogP contribution >= 0.6 is 0 Å². The van der Waals surface area contributed by atoms with Crippen LogP contribution in [0.4, 0.5) is 8.78 Å². The monoisotopic (exact) mass is 234 g/mol. The van der Waals surface area contributed by atoms with E-state index < -0.39 is 6.43 Å². The molecule has 1 heterocycles. The standard InChI is InChI=1S/C9H16F2N4O/c1-2-15-9(12-7-13-15)6-14(3-4-16)5-8(10)11/h7-8,16H,2-6H2,1H3. The van der Waals surface area contributed by atoms with Crippen molar-refractivity contribution in [3.8, 4) is 0 Å². The van der Waals surface area contributed by atoms with E-state index in [1.807, 2.05) is 6.92 Å². The van der Waals surface area contributed by atoms with Gasteiger partial charge in [0, 0.05) is 13.1 Å². The van der Waals surface area contributed by atoms with Gasteiger partial charge in [-0.3, -0.25) is 4.90 Å². The van der Waals surface area contributed by atoms with E-state index in [-0.39, 0.29) is 26.2 Å². The number of alkyl halides is 2. The van der Waals surface area contributed by atoms with Crippen molar-refractivity contribution in [3.05, 3.63) is 12.2 Å². The molecule has 0 aliphatic rings. The molecule has 0 saturated heterocycles. The van der Waals surface area contributed by atoms with E-state index in [9.17, 15) is 8.78 Å². The third-order valence-electron chi connectivity index (χ3n) is 2.17. The quantitative estimate of drug-likeness (QED) is 0.740. The van der Waals surface area contributed by atoms with Gasteiger partial charge in [0.05, 0.1) is 19.7 Å². The van der Waals surface area contributed by atoms with Crippen LogP contribution in [0.5, 0.6) is 0 Å². The molecule has 0 atom stereocenters. The fourth-order valence-electron chi connectivity index (χ4n) is 1.45. The van der Waals surface area contributed by atoms with Crippen molar-refractivity contribution in [2.45, 2.75) is 26.4 Å². The number of rotatable bonds is 7. The lowest BCUT2D eigenvalue weighted by Gasteiger charge is -2.20. The number of nitrogens with zero attached hydrogens (tertiary/aromatic N) is 4. The van der Waals surface area contributed by atoms with Gasteiger partial charge in [-0.2, -0.15) is 5.10 Å². The van der Waals surface area contributed by atoms with Crippen LogP contribution in [-0.4, -0.2) is 50.9 Å². The first-order chi connectivity index (χ1) is 7.67. The van der Waals surface area contributed by atoms with Crippen molar-refractivity contribution in [3.63, 3.8) is 0 Å². The van der Waals surface area contributed by atoms with Gasteiger partial charge in [0.25, 0.3) is 6.43 Å². The number of aliphatic hydroxyl groups excluding tert-OH is 1. The van der Waals surface area contributed by atoms with Crippen molar-refractivity contribution in [2.24, 2.45) is 0 Å². The minimum Gasteiger partial charge on any atom is -0.395 e. The summed E-state index contributed by atoms with van der Waals surface area (Å²) in [6, 6.07) is 0. The first kappa shape index (κ1) is 13.0. The molecule has 0 saturated carbocycles. The molecule has 0 aliphatic carbocycles. The normalized spacial score (nSPS) is 11.6. The van der Waals surface area contributed by atoms with Gasteiger partial charge < -0.3 is 5.11 Å². The van der Waals surface area contributed by atoms with Crippen molar-refractivity contribution < 1.29 is 13.9 Å². The minimum atomic E-state index is -2.41. The predicted molar refractivity (Wildman–Crippen MR) is 54.1 cm³/mol. The third-order valence-corrected chi connectivity index (χ3v) is 2.17. The summed E-state index contributed by atoms with van der Waals surface area (Å²) in [7, 11) is 0. The molecule has 1 aromatic heterocycles. The second-order valence-electron chi connectivity index (χ2n) is 3.34. The molecule has 0 radical (unpaired) electrons. The predicted octanol–water partition coefficient (Wildman–Crippen LogP) is 0.357. The Bertz CT molecular complexity index is 305. The van der Waals surface area contributed by atoms with Gasteiger partial charge in [0.15, 0.2) is 0 Å². The highest BCUT2D eigenvalue weighted by Gasteiger charge is 2.14. The zero-order valence-corrected chi connectivity index (χ0v) is 9.18. The topological polar surface area (TPSA) is 54.2 Å². The Morgan fingerprint density at radius 1 is 1.56 bits per heavy atom. The highest BCUT2D eigenvalue weighted by Crippen LogP contribution is 2.04. The molecular weight excluding hydrogens is 218 g/mol. The smallest absolute Gasteiger partial charge is 0.251 e. The maximum Gasteiger partial charge on any atom is 0.251 e. The molecule has 0 amide bonds. The molecule has 1 aromatic rings. The molecule has 0 spiro atoms. The van der Waals surface area contributed by atoms with E-state index in [4.69, 9.17) is 5.11 Å². The summed E-state index contributed by atoms with van der Waals surface area (Å²) in [5.74, 6) is 0.636. The van der Waals surface area contributed by atoms with Crippen molar-refractivity contribution >= 4 is 0 Å². The van der Waals surface area contributed by atoms with E-state index >= 15 is 0 Å². The van der Waals surface area contributed by atoms with Gasteiger partial charge in [-0.05, 0) is 6.92 Å². The van der Waals surface area contributed by atoms with Crippen LogP contribution in [0.15, 0.2) is 6.33 Å². The fraction of sp³-hybridized carbons (Fsp3) is 0.778. The number of halogens is 2. The van der Waals surface area contributed by atoms with Gasteiger partial charge in [0.1, 0.15) is 12.2 Å². The van der Waals surface area contributed by atoms with Crippen LogP contribution in [0.25, 0.3) is 0 Å². The lowest BCUT2D eigenvalue weighted by Crippen LogP contribution is -2.32. The molecule has 0 aromatic carbocycles. The third kappa shape index (κ3) is 3.82. The Balaban J connectivity index is 2.59. The number of aryl methyl sites for hydroxylation is 1. The first-order valence-corrected chi connectivity index (χ1v) is 5.15. The zero-order chi connectivity index (χ0) is 12.0. The zero-order valence-electron chi connectivity index (χ0n) is 9.18. The summed E-state index contributed by atoms with van der Waals surface area (Å²) in [6.45, 7) is 2.53. The fourth-order valence-corrected chi connectivity index (χ4v) is 1.45. The maximum atomic E-state index is 12.3. The summed E-state index contributed by atoms with van der Waals surface area (Å²) >= 11 is 0. The van der Waals surface area contributed by atoms with E-state index in [1.54, 1.807) is 4.68 Å². The van der Waals surface area contributed by atoms with Crippen LogP contribution in [0, 0.1) is 0 Å². The van der Waals surface area contributed by atoms with Gasteiger partial charge in [-0.25, -0.2) is 18.4 Å². The van der Waals surface area contributed by atoms with Gasteiger partial charge in [-0.1, -0.05) is 0 Å². The lowest BCUT2D eigenvalue weighted by atomic mass is 10.4. The second kappa shape index (κ2) is 6.49. The molecule has 0 bridgehead atoms. The Morgan fingerprint density at radius 3 is 2.88 bits per heavy atom. The average Bonchev–Trinajstić information content (AvgIpc) is 2.64. The van der Waals surface area contributed by atoms with Crippen LogP contribution in [0.1, 0.15) is 12.7 Å². The Morgan fingerprint density at radius 2 is 2.31 bits per heavy atom. The summed E-state index contributed by atoms with van der Waals surface area (Å²) in [4.78, 5) is 5.46. The molecule has 5 nitrogen and oxygen atoms in total. The lowest BCUT2D eigenvalue weighted by molar-refractivity contribution is 0.0726. The van der Waals surface area contributed by atoms with Gasteiger partial charge >= 0.3 is 0 Å². The second-order valence-corrected chi connectivity index (χ2v) is 3.34. The first-order valence-electron chi connectivity index (χ1n) is 5.15. The van der Waals surface area contributed by atoms with E-state index in [0.29, 0.717) is 12.4 Å². The van der Waals surface area contributed by atoms with E-state index in [1.165, 1.54) is 11.2 Å². The number of hydrogen-bond acceptors (Lipinski definition) is 4. The molecule has 7 heteroatoms. The summed E-state index contributed by atoms with van der Waals surface area (Å²) in [5, 5.41) is 12.7. The molecule has 92 valence electrons. The number of aliphatic hydroxyl groups is 1. The van der Waals surface area contributed by atoms with Crippen molar-refractivity contribution in [1.82, 2.24) is 19.7 Å². The molecule has 0 aliphatic heterocycles. The van der Waals surface area contributed by atoms with Gasteiger partial charge in [0.2, 0.25) is 0 Å². The molecule has 1 rings (SSSR count). The molecular formula is C9H16F2N4O. The maximum absolute atomic E-state index is 12.3. The van der Waals surface area contributed by atoms with Gasteiger partial charge in [-0.15, -0.1) is 0 Å². The Hall–Kier alpha value is -1.08. The Labute approximate surface area is 92.7 Å². The van der Waals surface area contributed by atoms with E-state index in [2.05, 4.69) is 10.1 Å². The van der Waals surface area contributed by atoms with Crippen molar-refractivity contribution in [1.29, 1.82) is 0 Å². The molecule has 0 unspecified atom stereocenters. The SMILES string of the molecule is CCn1ncnc1CN(CCO)CC(F)F. The van der Waals surface area contributed by atoms with Crippen LogP contribution in [0.2, 0.25) is 0 Å². The summed E-state index contributed by atoms with van der Waals surface area (Å²) in [6.07, 6.45) is -1.01.